The zero-order valence-electron chi connectivity index (χ0n) is 17.5. The van der Waals surface area contributed by atoms with E-state index in [-0.39, 0.29) is 18.0 Å². The number of carbonyl (C=O) groups excluding carboxylic acids is 2. The number of nitrogens with zero attached hydrogens (tertiary/aromatic N) is 2. The summed E-state index contributed by atoms with van der Waals surface area (Å²) in [6.45, 7) is 5.41. The van der Waals surface area contributed by atoms with Crippen LogP contribution in [0.15, 0.2) is 42.5 Å². The molecule has 2 N–H and O–H groups in total. The van der Waals surface area contributed by atoms with Gasteiger partial charge in [0.2, 0.25) is 0 Å². The molecule has 9 heteroatoms. The molecule has 166 valence electrons. The van der Waals surface area contributed by atoms with E-state index in [0.29, 0.717) is 22.3 Å². The minimum Gasteiger partial charge on any atom is -0.468 e. The van der Waals surface area contributed by atoms with Gasteiger partial charge in [0.15, 0.2) is 0 Å². The smallest absolute Gasteiger partial charge is 0.319 e. The van der Waals surface area contributed by atoms with Gasteiger partial charge in [-0.3, -0.25) is 9.69 Å². The Morgan fingerprint density at radius 2 is 1.74 bits per heavy atom. The predicted octanol–water partition coefficient (Wildman–Crippen LogP) is 4.17. The number of benzene rings is 2. The van der Waals surface area contributed by atoms with Crippen LogP contribution in [0.3, 0.4) is 0 Å². The molecule has 31 heavy (non-hydrogen) atoms. The third-order valence-electron chi connectivity index (χ3n) is 5.22. The number of rotatable bonds is 6. The number of methoxy groups -OCH3 is 1. The Balaban J connectivity index is 1.50. The van der Waals surface area contributed by atoms with Crippen LogP contribution in [0.2, 0.25) is 10.0 Å². The lowest BCUT2D eigenvalue weighted by Crippen LogP contribution is -2.48. The lowest BCUT2D eigenvalue weighted by Gasteiger charge is -2.35. The lowest BCUT2D eigenvalue weighted by molar-refractivity contribution is -0.142. The zero-order chi connectivity index (χ0) is 22.4. The molecule has 0 saturated carbocycles. The molecule has 1 fully saturated rings. The van der Waals surface area contributed by atoms with Crippen molar-refractivity contribution in [2.24, 2.45) is 0 Å². The van der Waals surface area contributed by atoms with Gasteiger partial charge in [-0.05, 0) is 48.9 Å². The number of carbonyl (C=O) groups is 2. The van der Waals surface area contributed by atoms with Crippen molar-refractivity contribution >= 4 is 46.6 Å². The number of halogens is 2. The number of hydrogen-bond donors (Lipinski definition) is 2. The van der Waals surface area contributed by atoms with Crippen molar-refractivity contribution in [3.05, 3.63) is 58.1 Å². The van der Waals surface area contributed by atoms with E-state index in [9.17, 15) is 9.59 Å². The molecule has 1 saturated heterocycles. The Morgan fingerprint density at radius 3 is 2.35 bits per heavy atom. The third-order valence-corrected chi connectivity index (χ3v) is 5.78. The maximum atomic E-state index is 12.4. The quantitative estimate of drug-likeness (QED) is 0.627. The van der Waals surface area contributed by atoms with E-state index in [2.05, 4.69) is 20.4 Å². The first-order chi connectivity index (χ1) is 14.9. The Bertz CT molecular complexity index is 915. The number of hydrogen-bond acceptors (Lipinski definition) is 5. The molecule has 2 aromatic carbocycles. The van der Waals surface area contributed by atoms with Crippen LogP contribution >= 0.6 is 23.2 Å². The summed E-state index contributed by atoms with van der Waals surface area (Å²) in [6.07, 6.45) is 0. The summed E-state index contributed by atoms with van der Waals surface area (Å²) in [5, 5.41) is 6.78. The van der Waals surface area contributed by atoms with Crippen molar-refractivity contribution in [2.75, 3.05) is 50.1 Å². The molecule has 7 nitrogen and oxygen atoms in total. The van der Waals surface area contributed by atoms with Gasteiger partial charge in [-0.25, -0.2) is 4.79 Å². The van der Waals surface area contributed by atoms with Gasteiger partial charge in [0, 0.05) is 47.6 Å². The van der Waals surface area contributed by atoms with Crippen molar-refractivity contribution in [3.8, 4) is 0 Å². The fourth-order valence-corrected chi connectivity index (χ4v) is 4.03. The van der Waals surface area contributed by atoms with E-state index in [0.717, 1.165) is 37.4 Å². The summed E-state index contributed by atoms with van der Waals surface area (Å²) in [4.78, 5) is 28.1. The lowest BCUT2D eigenvalue weighted by atomic mass is 10.1. The van der Waals surface area contributed by atoms with E-state index in [4.69, 9.17) is 27.9 Å². The van der Waals surface area contributed by atoms with Crippen molar-refractivity contribution < 1.29 is 14.3 Å². The van der Waals surface area contributed by atoms with Gasteiger partial charge in [-0.1, -0.05) is 29.3 Å². The molecule has 0 bridgehead atoms. The highest BCUT2D eigenvalue weighted by atomic mass is 35.5. The first-order valence-electron chi connectivity index (χ1n) is 10.0. The number of piperazine rings is 1. The third kappa shape index (κ3) is 6.50. The van der Waals surface area contributed by atoms with Crippen LogP contribution in [-0.4, -0.2) is 56.7 Å². The summed E-state index contributed by atoms with van der Waals surface area (Å²) < 4.78 is 4.72. The Morgan fingerprint density at radius 1 is 1.06 bits per heavy atom. The average molecular weight is 465 g/mol. The van der Waals surface area contributed by atoms with Gasteiger partial charge >= 0.3 is 12.0 Å². The first kappa shape index (κ1) is 23.2. The number of esters is 1. The molecule has 1 atom stereocenters. The number of urea groups is 1. The van der Waals surface area contributed by atoms with Crippen LogP contribution in [0.4, 0.5) is 16.2 Å². The van der Waals surface area contributed by atoms with Gasteiger partial charge in [0.1, 0.15) is 0 Å². The van der Waals surface area contributed by atoms with Crippen molar-refractivity contribution in [1.29, 1.82) is 0 Å². The molecular weight excluding hydrogens is 439 g/mol. The van der Waals surface area contributed by atoms with Crippen LogP contribution in [0.5, 0.6) is 0 Å². The fraction of sp³-hybridized carbons (Fsp3) is 0.364. The molecule has 2 amide bonds. The number of amides is 2. The summed E-state index contributed by atoms with van der Waals surface area (Å²) in [5.74, 6) is -0.213. The monoisotopic (exact) mass is 464 g/mol. The van der Waals surface area contributed by atoms with Crippen LogP contribution in [0.25, 0.3) is 0 Å². The largest absolute Gasteiger partial charge is 0.468 e. The second-order valence-corrected chi connectivity index (χ2v) is 8.22. The van der Waals surface area contributed by atoms with E-state index in [1.165, 1.54) is 7.11 Å². The van der Waals surface area contributed by atoms with E-state index in [1.54, 1.807) is 18.2 Å². The highest BCUT2D eigenvalue weighted by Gasteiger charge is 2.19. The highest BCUT2D eigenvalue weighted by Crippen LogP contribution is 2.26. The van der Waals surface area contributed by atoms with E-state index in [1.807, 2.05) is 31.2 Å². The van der Waals surface area contributed by atoms with Gasteiger partial charge in [-0.15, -0.1) is 0 Å². The van der Waals surface area contributed by atoms with Crippen LogP contribution < -0.4 is 15.5 Å². The minimum absolute atomic E-state index is 0.213. The molecule has 3 rings (SSSR count). The molecule has 1 aliphatic heterocycles. The Hall–Kier alpha value is -2.48. The molecule has 1 aliphatic rings. The second kappa shape index (κ2) is 10.7. The maximum absolute atomic E-state index is 12.4. The zero-order valence-corrected chi connectivity index (χ0v) is 19.0. The van der Waals surface area contributed by atoms with Crippen LogP contribution in [-0.2, 0) is 9.53 Å². The second-order valence-electron chi connectivity index (χ2n) is 7.37. The van der Waals surface area contributed by atoms with Crippen LogP contribution in [0, 0.1) is 0 Å². The summed E-state index contributed by atoms with van der Waals surface area (Å²) in [6, 6.07) is 12.3. The number of ether oxygens (including phenoxy) is 1. The highest BCUT2D eigenvalue weighted by molar-refractivity contribution is 6.35. The Labute approximate surface area is 192 Å². The SMILES string of the molecule is COC(=O)CN1CCN(c2ccc(NC(=O)NC(C)c3ccc(Cl)cc3Cl)cc2)CC1. The summed E-state index contributed by atoms with van der Waals surface area (Å²) in [7, 11) is 1.40. The van der Waals surface area contributed by atoms with Crippen molar-refractivity contribution in [3.63, 3.8) is 0 Å². The molecular formula is C22H26Cl2N4O3. The van der Waals surface area contributed by atoms with Crippen molar-refractivity contribution in [1.82, 2.24) is 10.2 Å². The van der Waals surface area contributed by atoms with Crippen molar-refractivity contribution in [2.45, 2.75) is 13.0 Å². The van der Waals surface area contributed by atoms with Gasteiger partial charge in [0.25, 0.3) is 0 Å². The summed E-state index contributed by atoms with van der Waals surface area (Å²) in [5.41, 5.74) is 2.56. The van der Waals surface area contributed by atoms with Crippen LogP contribution in [0.1, 0.15) is 18.5 Å². The average Bonchev–Trinajstić information content (AvgIpc) is 2.74. The molecule has 1 heterocycles. The molecule has 0 radical (unpaired) electrons. The molecule has 0 spiro atoms. The first-order valence-corrected chi connectivity index (χ1v) is 10.8. The van der Waals surface area contributed by atoms with E-state index >= 15 is 0 Å². The summed E-state index contributed by atoms with van der Waals surface area (Å²) >= 11 is 12.1. The topological polar surface area (TPSA) is 73.9 Å². The van der Waals surface area contributed by atoms with E-state index < -0.39 is 0 Å². The maximum Gasteiger partial charge on any atom is 0.319 e. The Kier molecular flexibility index (Phi) is 8.01. The molecule has 1 unspecified atom stereocenters. The van der Waals surface area contributed by atoms with Gasteiger partial charge in [-0.2, -0.15) is 0 Å². The molecule has 0 aromatic heterocycles. The molecule has 0 aliphatic carbocycles. The van der Waals surface area contributed by atoms with Gasteiger partial charge in [0.05, 0.1) is 19.7 Å². The molecule has 2 aromatic rings. The fourth-order valence-electron chi connectivity index (χ4n) is 3.46. The number of anilines is 2. The minimum atomic E-state index is -0.317. The standard InChI is InChI=1S/C22H26Cl2N4O3/c1-15(19-8-3-16(23)13-20(19)24)25-22(30)26-17-4-6-18(7-5-17)28-11-9-27(10-12-28)14-21(29)31-2/h3-8,13,15H,9-12,14H2,1-2H3,(H2,25,26,30). The number of nitrogens with one attached hydrogen (secondary N) is 2. The normalized spacial score (nSPS) is 15.3. The predicted molar refractivity (Wildman–Crippen MR) is 124 cm³/mol. The van der Waals surface area contributed by atoms with Gasteiger partial charge < -0.3 is 20.3 Å².